The van der Waals surface area contributed by atoms with Gasteiger partial charge in [0.15, 0.2) is 0 Å². The van der Waals surface area contributed by atoms with Gasteiger partial charge in [0, 0.05) is 50.5 Å². The van der Waals surface area contributed by atoms with Crippen LogP contribution in [0.5, 0.6) is 0 Å². The summed E-state index contributed by atoms with van der Waals surface area (Å²) < 4.78 is 0. The van der Waals surface area contributed by atoms with Crippen LogP contribution in [0.25, 0.3) is 0 Å². The molecule has 0 spiro atoms. The molecule has 152 valence electrons. The van der Waals surface area contributed by atoms with E-state index in [9.17, 15) is 10.1 Å². The summed E-state index contributed by atoms with van der Waals surface area (Å²) in [5.74, 6) is 0.102. The summed E-state index contributed by atoms with van der Waals surface area (Å²) in [5, 5.41) is 10.3. The van der Waals surface area contributed by atoms with Crippen LogP contribution in [0.1, 0.15) is 17.5 Å². The molecule has 2 aromatic rings. The number of likely N-dealkylation sites (tertiary alicyclic amines) is 1. The number of hydrogen-bond acceptors (Lipinski definition) is 4. The zero-order valence-electron chi connectivity index (χ0n) is 16.6. The van der Waals surface area contributed by atoms with E-state index in [2.05, 4.69) is 15.9 Å². The van der Waals surface area contributed by atoms with Crippen molar-refractivity contribution in [2.75, 3.05) is 38.6 Å². The van der Waals surface area contributed by atoms with Gasteiger partial charge in [-0.3, -0.25) is 9.69 Å². The fourth-order valence-corrected chi connectivity index (χ4v) is 3.97. The molecule has 2 aromatic carbocycles. The minimum atomic E-state index is 0.102. The van der Waals surface area contributed by atoms with Crippen LogP contribution in [0.3, 0.4) is 0 Å². The summed E-state index contributed by atoms with van der Waals surface area (Å²) in [6.07, 6.45) is 0.933. The van der Waals surface area contributed by atoms with Gasteiger partial charge in [-0.15, -0.1) is 0 Å². The first-order valence-corrected chi connectivity index (χ1v) is 10.3. The first-order chi connectivity index (χ1) is 13.9. The summed E-state index contributed by atoms with van der Waals surface area (Å²) in [4.78, 5) is 18.2. The van der Waals surface area contributed by atoms with E-state index in [1.54, 1.807) is 25.1 Å². The van der Waals surface area contributed by atoms with Gasteiger partial charge in [0.25, 0.3) is 0 Å². The average molecular weight is 431 g/mol. The zero-order chi connectivity index (χ0) is 21.0. The molecular formula is C22H24Cl2N4O. The van der Waals surface area contributed by atoms with Crippen LogP contribution >= 0.6 is 23.2 Å². The van der Waals surface area contributed by atoms with Crippen molar-refractivity contribution in [3.05, 3.63) is 63.6 Å². The van der Waals surface area contributed by atoms with Crippen molar-refractivity contribution < 1.29 is 4.79 Å². The van der Waals surface area contributed by atoms with Crippen molar-refractivity contribution in [1.29, 1.82) is 5.26 Å². The topological polar surface area (TPSA) is 50.6 Å². The fraction of sp³-hybridized carbons (Fsp3) is 0.364. The number of amides is 1. The lowest BCUT2D eigenvalue weighted by Gasteiger charge is -2.32. The molecule has 1 heterocycles. The third-order valence-corrected chi connectivity index (χ3v) is 5.93. The SMILES string of the molecule is CN(C)C(=O)CN1CCC(N(Cc2ccccc2Cl)c2ccc(C#N)c(Cl)c2)C1. The summed E-state index contributed by atoms with van der Waals surface area (Å²) in [5.41, 5.74) is 2.43. The molecule has 7 heteroatoms. The molecule has 1 amide bonds. The number of hydrogen-bond donors (Lipinski definition) is 0. The second kappa shape index (κ2) is 9.49. The molecule has 1 atom stereocenters. The molecule has 0 saturated carbocycles. The number of halogens is 2. The van der Waals surface area contributed by atoms with Gasteiger partial charge in [0.2, 0.25) is 5.91 Å². The molecule has 5 nitrogen and oxygen atoms in total. The predicted octanol–water partition coefficient (Wildman–Crippen LogP) is 4.03. The van der Waals surface area contributed by atoms with Crippen molar-refractivity contribution in [3.63, 3.8) is 0 Å². The quantitative estimate of drug-likeness (QED) is 0.693. The third-order valence-electron chi connectivity index (χ3n) is 5.25. The molecule has 1 unspecified atom stereocenters. The minimum absolute atomic E-state index is 0.102. The van der Waals surface area contributed by atoms with Crippen LogP contribution in [0.2, 0.25) is 10.0 Å². The van der Waals surface area contributed by atoms with E-state index in [1.165, 1.54) is 0 Å². The van der Waals surface area contributed by atoms with E-state index in [0.717, 1.165) is 35.8 Å². The van der Waals surface area contributed by atoms with Crippen LogP contribution in [0.4, 0.5) is 5.69 Å². The Kier molecular flexibility index (Phi) is 7.02. The molecule has 0 aliphatic carbocycles. The maximum absolute atomic E-state index is 12.1. The first kappa shape index (κ1) is 21.4. The maximum atomic E-state index is 12.1. The number of likely N-dealkylation sites (N-methyl/N-ethyl adjacent to an activating group) is 1. The number of nitrogens with zero attached hydrogens (tertiary/aromatic N) is 4. The number of carbonyl (C=O) groups excluding carboxylic acids is 1. The van der Waals surface area contributed by atoms with Crippen LogP contribution in [-0.2, 0) is 11.3 Å². The molecule has 0 radical (unpaired) electrons. The van der Waals surface area contributed by atoms with E-state index in [1.807, 2.05) is 36.4 Å². The number of anilines is 1. The molecule has 0 N–H and O–H groups in total. The van der Waals surface area contributed by atoms with Gasteiger partial charge < -0.3 is 9.80 Å². The van der Waals surface area contributed by atoms with E-state index >= 15 is 0 Å². The van der Waals surface area contributed by atoms with Crippen molar-refractivity contribution in [1.82, 2.24) is 9.80 Å². The van der Waals surface area contributed by atoms with E-state index < -0.39 is 0 Å². The Bertz CT molecular complexity index is 925. The molecular weight excluding hydrogens is 407 g/mol. The number of benzene rings is 2. The predicted molar refractivity (Wildman–Crippen MR) is 117 cm³/mol. The molecule has 0 bridgehead atoms. The Labute approximate surface area is 182 Å². The van der Waals surface area contributed by atoms with E-state index in [4.69, 9.17) is 23.2 Å². The van der Waals surface area contributed by atoms with Gasteiger partial charge in [-0.05, 0) is 36.2 Å². The lowest BCUT2D eigenvalue weighted by molar-refractivity contribution is -0.129. The van der Waals surface area contributed by atoms with Crippen LogP contribution < -0.4 is 4.90 Å². The molecule has 1 aliphatic heterocycles. The van der Waals surface area contributed by atoms with E-state index in [-0.39, 0.29) is 11.9 Å². The Morgan fingerprint density at radius 3 is 2.62 bits per heavy atom. The van der Waals surface area contributed by atoms with E-state index in [0.29, 0.717) is 23.7 Å². The van der Waals surface area contributed by atoms with Crippen molar-refractivity contribution >= 4 is 34.8 Å². The van der Waals surface area contributed by atoms with Crippen molar-refractivity contribution in [2.45, 2.75) is 19.0 Å². The summed E-state index contributed by atoms with van der Waals surface area (Å²) >= 11 is 12.7. The Balaban J connectivity index is 1.86. The standard InChI is InChI=1S/C22H24Cl2N4O/c1-26(2)22(29)15-27-10-9-19(14-27)28(13-17-5-3-4-6-20(17)23)18-8-7-16(12-25)21(24)11-18/h3-8,11,19H,9-10,13-15H2,1-2H3. The van der Waals surface area contributed by atoms with Gasteiger partial charge in [0.05, 0.1) is 17.1 Å². The first-order valence-electron chi connectivity index (χ1n) is 9.51. The highest BCUT2D eigenvalue weighted by Gasteiger charge is 2.30. The van der Waals surface area contributed by atoms with Crippen LogP contribution in [0.15, 0.2) is 42.5 Å². The summed E-state index contributed by atoms with van der Waals surface area (Å²) in [6, 6.07) is 15.6. The van der Waals surface area contributed by atoms with Crippen molar-refractivity contribution in [2.24, 2.45) is 0 Å². The molecule has 29 heavy (non-hydrogen) atoms. The Morgan fingerprint density at radius 2 is 1.97 bits per heavy atom. The maximum Gasteiger partial charge on any atom is 0.236 e. The minimum Gasteiger partial charge on any atom is -0.363 e. The number of rotatable bonds is 6. The van der Waals surface area contributed by atoms with Gasteiger partial charge in [0.1, 0.15) is 6.07 Å². The Hall–Kier alpha value is -2.26. The summed E-state index contributed by atoms with van der Waals surface area (Å²) in [7, 11) is 3.55. The largest absolute Gasteiger partial charge is 0.363 e. The second-order valence-electron chi connectivity index (χ2n) is 7.46. The van der Waals surface area contributed by atoms with Gasteiger partial charge in [-0.2, -0.15) is 5.26 Å². The lowest BCUT2D eigenvalue weighted by atomic mass is 10.1. The lowest BCUT2D eigenvalue weighted by Crippen LogP contribution is -2.40. The second-order valence-corrected chi connectivity index (χ2v) is 8.28. The Morgan fingerprint density at radius 1 is 1.21 bits per heavy atom. The fourth-order valence-electron chi connectivity index (χ4n) is 3.56. The molecule has 1 aliphatic rings. The number of carbonyl (C=O) groups is 1. The van der Waals surface area contributed by atoms with Crippen LogP contribution in [-0.4, -0.2) is 55.5 Å². The zero-order valence-corrected chi connectivity index (χ0v) is 18.1. The third kappa shape index (κ3) is 5.22. The van der Waals surface area contributed by atoms with Gasteiger partial charge in [-0.25, -0.2) is 0 Å². The highest BCUT2D eigenvalue weighted by Crippen LogP contribution is 2.30. The van der Waals surface area contributed by atoms with Crippen molar-refractivity contribution in [3.8, 4) is 6.07 Å². The van der Waals surface area contributed by atoms with Crippen LogP contribution in [0, 0.1) is 11.3 Å². The van der Waals surface area contributed by atoms with Gasteiger partial charge in [-0.1, -0.05) is 41.4 Å². The smallest absolute Gasteiger partial charge is 0.236 e. The highest BCUT2D eigenvalue weighted by molar-refractivity contribution is 6.32. The monoisotopic (exact) mass is 430 g/mol. The molecule has 3 rings (SSSR count). The molecule has 0 aromatic heterocycles. The molecule has 1 saturated heterocycles. The number of nitriles is 1. The average Bonchev–Trinajstić information content (AvgIpc) is 3.15. The van der Waals surface area contributed by atoms with Gasteiger partial charge >= 0.3 is 0 Å². The summed E-state index contributed by atoms with van der Waals surface area (Å²) in [6.45, 7) is 2.68. The highest BCUT2D eigenvalue weighted by atomic mass is 35.5. The normalized spacial score (nSPS) is 16.4. The molecule has 1 fully saturated rings.